The van der Waals surface area contributed by atoms with E-state index in [1.165, 1.54) is 10.9 Å². The van der Waals surface area contributed by atoms with Gasteiger partial charge in [-0.2, -0.15) is 0 Å². The molecular formula is C18H24Br2N2NiO2. The van der Waals surface area contributed by atoms with Crippen molar-refractivity contribution >= 4 is 40.2 Å². The Labute approximate surface area is 170 Å². The molecule has 7 heteroatoms. The fraction of sp³-hybridized carbons (Fsp3) is 0.556. The van der Waals surface area contributed by atoms with Crippen LogP contribution in [0, 0.1) is 11.8 Å². The molecule has 0 amide bonds. The molecule has 2 unspecified atom stereocenters. The fourth-order valence-corrected chi connectivity index (χ4v) is 2.58. The van der Waals surface area contributed by atoms with E-state index in [1.807, 2.05) is 18.2 Å². The molecule has 0 fully saturated rings. The fourth-order valence-electron chi connectivity index (χ4n) is 2.58. The first-order valence-corrected chi connectivity index (χ1v) is 13.2. The molecule has 2 aliphatic rings. The molecule has 0 saturated carbocycles. The molecule has 2 heterocycles. The van der Waals surface area contributed by atoms with Crippen LogP contribution in [0.2, 0.25) is 0 Å². The summed E-state index contributed by atoms with van der Waals surface area (Å²) in [5.41, 5.74) is 2.00. The van der Waals surface area contributed by atoms with Crippen molar-refractivity contribution in [3.05, 3.63) is 35.4 Å². The van der Waals surface area contributed by atoms with E-state index in [2.05, 4.69) is 72.2 Å². The standard InChI is InChI=1S/C18H24N2O2.2BrH.Ni/c1-11(2)15-9-19-17(21-15)13-6-5-7-14(8-13)18-20-10-16(22-18)12(3)4;;;/h5-8,11-12,15-16H,9-10H2,1-4H3;2*1H;/q;;;+2/p-2. The van der Waals surface area contributed by atoms with Gasteiger partial charge in [0.15, 0.2) is 0 Å². The molecule has 3 rings (SSSR count). The third-order valence-corrected chi connectivity index (χ3v) is 4.20. The van der Waals surface area contributed by atoms with E-state index in [9.17, 15) is 0 Å². The molecule has 0 spiro atoms. The summed E-state index contributed by atoms with van der Waals surface area (Å²) in [4.78, 5) is 9.07. The van der Waals surface area contributed by atoms with Crippen molar-refractivity contribution < 1.29 is 20.4 Å². The number of ether oxygens (including phenoxy) is 2. The van der Waals surface area contributed by atoms with E-state index in [-0.39, 0.29) is 12.2 Å². The van der Waals surface area contributed by atoms with Gasteiger partial charge in [-0.3, -0.25) is 0 Å². The Hall–Kier alpha value is -0.386. The quantitative estimate of drug-likeness (QED) is 0.528. The van der Waals surface area contributed by atoms with Gasteiger partial charge in [0.25, 0.3) is 0 Å². The summed E-state index contributed by atoms with van der Waals surface area (Å²) in [6, 6.07) is 8.12. The van der Waals surface area contributed by atoms with E-state index in [0.29, 0.717) is 11.8 Å². The van der Waals surface area contributed by atoms with E-state index >= 15 is 0 Å². The molecule has 2 aliphatic heterocycles. The summed E-state index contributed by atoms with van der Waals surface area (Å²) in [7, 11) is 1.25. The third kappa shape index (κ3) is 5.80. The van der Waals surface area contributed by atoms with Gasteiger partial charge in [0.1, 0.15) is 12.2 Å². The average molecular weight is 519 g/mol. The molecule has 0 saturated heterocycles. The van der Waals surface area contributed by atoms with Gasteiger partial charge >= 0.3 is 39.3 Å². The maximum atomic E-state index is 5.96. The van der Waals surface area contributed by atoms with E-state index < -0.39 is 0 Å². The number of hydrogen-bond donors (Lipinski definition) is 0. The van der Waals surface area contributed by atoms with Crippen LogP contribution >= 0.6 is 28.5 Å². The number of hydrogen-bond acceptors (Lipinski definition) is 4. The minimum absolute atomic E-state index is 0.184. The predicted molar refractivity (Wildman–Crippen MR) is 107 cm³/mol. The second kappa shape index (κ2) is 10.1. The molecule has 0 aliphatic carbocycles. The van der Waals surface area contributed by atoms with Gasteiger partial charge in [-0.1, -0.05) is 33.8 Å². The van der Waals surface area contributed by atoms with E-state index in [0.717, 1.165) is 36.0 Å². The number of rotatable bonds is 4. The van der Waals surface area contributed by atoms with Crippen molar-refractivity contribution in [1.29, 1.82) is 0 Å². The second-order valence-electron chi connectivity index (χ2n) is 6.72. The molecular weight excluding hydrogens is 495 g/mol. The number of aliphatic imine (C=N–C) groups is 2. The summed E-state index contributed by atoms with van der Waals surface area (Å²) < 4.78 is 11.9. The van der Waals surface area contributed by atoms with Crippen LogP contribution in [-0.2, 0) is 20.4 Å². The van der Waals surface area contributed by atoms with Crippen LogP contribution in [-0.4, -0.2) is 37.1 Å². The van der Waals surface area contributed by atoms with Gasteiger partial charge in [0, 0.05) is 11.1 Å². The van der Waals surface area contributed by atoms with E-state index in [1.54, 1.807) is 0 Å². The summed E-state index contributed by atoms with van der Waals surface area (Å²) in [5, 5.41) is 0. The molecule has 142 valence electrons. The molecule has 0 N–H and O–H groups in total. The first kappa shape index (κ1) is 20.9. The third-order valence-electron chi connectivity index (χ3n) is 4.20. The Balaban J connectivity index is 0.000000701. The Kier molecular flexibility index (Phi) is 8.43. The van der Waals surface area contributed by atoms with Gasteiger partial charge in [0.2, 0.25) is 11.8 Å². The molecule has 1 aromatic carbocycles. The van der Waals surface area contributed by atoms with Gasteiger partial charge < -0.3 is 9.47 Å². The van der Waals surface area contributed by atoms with Crippen molar-refractivity contribution in [2.24, 2.45) is 21.8 Å². The normalized spacial score (nSPS) is 22.2. The molecule has 4 nitrogen and oxygen atoms in total. The van der Waals surface area contributed by atoms with Gasteiger partial charge in [-0.15, -0.1) is 0 Å². The van der Waals surface area contributed by atoms with Crippen molar-refractivity contribution in [2.45, 2.75) is 39.9 Å². The summed E-state index contributed by atoms with van der Waals surface area (Å²) >= 11 is 6.00. The Bertz CT molecular complexity index is 586. The Morgan fingerprint density at radius 3 is 1.64 bits per heavy atom. The number of nitrogens with zero attached hydrogens (tertiary/aromatic N) is 2. The van der Waals surface area contributed by atoms with Crippen LogP contribution in [0.1, 0.15) is 38.8 Å². The topological polar surface area (TPSA) is 43.2 Å². The zero-order valence-corrected chi connectivity index (χ0v) is 19.0. The Morgan fingerprint density at radius 2 is 1.32 bits per heavy atom. The molecule has 0 radical (unpaired) electrons. The summed E-state index contributed by atoms with van der Waals surface area (Å²) in [6.45, 7) is 10.1. The van der Waals surface area contributed by atoms with Gasteiger partial charge in [-0.05, 0) is 30.0 Å². The van der Waals surface area contributed by atoms with Crippen LogP contribution in [0.25, 0.3) is 0 Å². The van der Waals surface area contributed by atoms with Crippen LogP contribution in [0.3, 0.4) is 0 Å². The molecule has 1 aromatic rings. The minimum atomic E-state index is 0.184. The first-order valence-electron chi connectivity index (χ1n) is 8.31. The van der Waals surface area contributed by atoms with E-state index in [4.69, 9.17) is 9.47 Å². The number of benzene rings is 1. The second-order valence-corrected chi connectivity index (χ2v) is 11.7. The number of halogens is 2. The van der Waals surface area contributed by atoms with Crippen molar-refractivity contribution in [2.75, 3.05) is 13.1 Å². The van der Waals surface area contributed by atoms with Crippen molar-refractivity contribution in [1.82, 2.24) is 0 Å². The van der Waals surface area contributed by atoms with Crippen LogP contribution in [0.15, 0.2) is 34.3 Å². The SMILES string of the molecule is CC(C)C1CN=C(c2cccc(C3=NCC(C(C)C)O3)c2)O1.[Br][Ni][Br]. The molecule has 0 bridgehead atoms. The predicted octanol–water partition coefficient (Wildman–Crippen LogP) is 4.98. The van der Waals surface area contributed by atoms with Crippen molar-refractivity contribution in [3.8, 4) is 0 Å². The zero-order chi connectivity index (χ0) is 18.4. The Morgan fingerprint density at radius 1 is 0.920 bits per heavy atom. The molecule has 2 atom stereocenters. The van der Waals surface area contributed by atoms with Gasteiger partial charge in [-0.25, -0.2) is 9.98 Å². The van der Waals surface area contributed by atoms with Gasteiger partial charge in [0.05, 0.1) is 13.1 Å². The van der Waals surface area contributed by atoms with Crippen molar-refractivity contribution in [3.63, 3.8) is 0 Å². The first-order chi connectivity index (χ1) is 12.0. The zero-order valence-electron chi connectivity index (χ0n) is 14.8. The molecule has 0 aromatic heterocycles. The van der Waals surface area contributed by atoms with Crippen LogP contribution < -0.4 is 0 Å². The average Bonchev–Trinajstić information content (AvgIpc) is 3.26. The van der Waals surface area contributed by atoms with Crippen LogP contribution in [0.4, 0.5) is 0 Å². The summed E-state index contributed by atoms with van der Waals surface area (Å²) in [5.74, 6) is 2.41. The summed E-state index contributed by atoms with van der Waals surface area (Å²) in [6.07, 6.45) is 0.369. The van der Waals surface area contributed by atoms with Crippen LogP contribution in [0.5, 0.6) is 0 Å². The maximum absolute atomic E-state index is 5.96. The monoisotopic (exact) mass is 516 g/mol. The molecule has 25 heavy (non-hydrogen) atoms.